The zero-order valence-corrected chi connectivity index (χ0v) is 15.0. The molecule has 0 aliphatic carbocycles. The predicted octanol–water partition coefficient (Wildman–Crippen LogP) is 2.89. The van der Waals surface area contributed by atoms with E-state index in [1.165, 1.54) is 0 Å². The van der Waals surface area contributed by atoms with Crippen molar-refractivity contribution in [1.82, 2.24) is 15.5 Å². The summed E-state index contributed by atoms with van der Waals surface area (Å²) in [6.45, 7) is 3.63. The number of amides is 1. The van der Waals surface area contributed by atoms with Gasteiger partial charge in [0.1, 0.15) is 12.4 Å². The molecule has 134 valence electrons. The number of anilines is 1. The van der Waals surface area contributed by atoms with Gasteiger partial charge in [-0.2, -0.15) is 0 Å². The maximum absolute atomic E-state index is 12.5. The van der Waals surface area contributed by atoms with Crippen LogP contribution in [0.2, 0.25) is 0 Å². The standard InChI is InChI=1S/C20H22N4O2/c1-3-24(2)19-17-12-8-7-11-16(17)18(22-23-19)20(25)21-13-14-26-15-9-5-4-6-10-15/h4-12H,3,13-14H2,1-2H3,(H,21,25). The van der Waals surface area contributed by atoms with E-state index in [0.29, 0.717) is 18.8 Å². The first-order valence-electron chi connectivity index (χ1n) is 8.63. The van der Waals surface area contributed by atoms with Crippen molar-refractivity contribution in [2.75, 3.05) is 31.6 Å². The Morgan fingerprint density at radius 1 is 1.04 bits per heavy atom. The lowest BCUT2D eigenvalue weighted by molar-refractivity contribution is 0.0943. The van der Waals surface area contributed by atoms with Crippen LogP contribution < -0.4 is 15.0 Å². The number of carbonyl (C=O) groups is 1. The predicted molar refractivity (Wildman–Crippen MR) is 103 cm³/mol. The number of carbonyl (C=O) groups excluding carboxylic acids is 1. The van der Waals surface area contributed by atoms with Crippen LogP contribution in [0, 0.1) is 0 Å². The summed E-state index contributed by atoms with van der Waals surface area (Å²) >= 11 is 0. The molecule has 26 heavy (non-hydrogen) atoms. The highest BCUT2D eigenvalue weighted by atomic mass is 16.5. The molecule has 0 fully saturated rings. The van der Waals surface area contributed by atoms with Crippen LogP contribution in [-0.4, -0.2) is 42.8 Å². The van der Waals surface area contributed by atoms with Crippen molar-refractivity contribution < 1.29 is 9.53 Å². The topological polar surface area (TPSA) is 67.4 Å². The molecule has 0 spiro atoms. The number of hydrogen-bond acceptors (Lipinski definition) is 5. The van der Waals surface area contributed by atoms with E-state index < -0.39 is 0 Å². The average molecular weight is 350 g/mol. The number of para-hydroxylation sites is 1. The smallest absolute Gasteiger partial charge is 0.272 e. The van der Waals surface area contributed by atoms with Gasteiger partial charge in [-0.05, 0) is 19.1 Å². The lowest BCUT2D eigenvalue weighted by Gasteiger charge is -2.17. The van der Waals surface area contributed by atoms with E-state index in [1.807, 2.05) is 73.5 Å². The first kappa shape index (κ1) is 17.7. The minimum Gasteiger partial charge on any atom is -0.492 e. The molecular formula is C20H22N4O2. The van der Waals surface area contributed by atoms with Crippen LogP contribution in [0.15, 0.2) is 54.6 Å². The Kier molecular flexibility index (Phi) is 5.63. The van der Waals surface area contributed by atoms with Crippen LogP contribution >= 0.6 is 0 Å². The minimum atomic E-state index is -0.254. The highest BCUT2D eigenvalue weighted by Crippen LogP contribution is 2.24. The van der Waals surface area contributed by atoms with Crippen molar-refractivity contribution in [3.8, 4) is 5.75 Å². The quantitative estimate of drug-likeness (QED) is 0.664. The minimum absolute atomic E-state index is 0.254. The van der Waals surface area contributed by atoms with Crippen LogP contribution in [0.25, 0.3) is 10.8 Å². The van der Waals surface area contributed by atoms with E-state index in [4.69, 9.17) is 4.74 Å². The second-order valence-electron chi connectivity index (χ2n) is 5.85. The number of fused-ring (bicyclic) bond motifs is 1. The van der Waals surface area contributed by atoms with Gasteiger partial charge in [-0.15, -0.1) is 10.2 Å². The van der Waals surface area contributed by atoms with Crippen molar-refractivity contribution in [1.29, 1.82) is 0 Å². The van der Waals surface area contributed by atoms with Gasteiger partial charge in [0.2, 0.25) is 0 Å². The summed E-state index contributed by atoms with van der Waals surface area (Å²) in [4.78, 5) is 14.5. The van der Waals surface area contributed by atoms with Crippen LogP contribution in [0.3, 0.4) is 0 Å². The highest BCUT2D eigenvalue weighted by Gasteiger charge is 2.16. The Morgan fingerprint density at radius 2 is 1.73 bits per heavy atom. The fourth-order valence-corrected chi connectivity index (χ4v) is 2.62. The molecule has 0 saturated carbocycles. The third-order valence-electron chi connectivity index (χ3n) is 4.12. The molecule has 0 unspecified atom stereocenters. The number of benzene rings is 2. The molecule has 0 atom stereocenters. The molecular weight excluding hydrogens is 328 g/mol. The number of rotatable bonds is 7. The van der Waals surface area contributed by atoms with Gasteiger partial charge in [0.05, 0.1) is 6.54 Å². The van der Waals surface area contributed by atoms with Crippen molar-refractivity contribution >= 4 is 22.5 Å². The molecule has 2 aromatic carbocycles. The highest BCUT2D eigenvalue weighted by molar-refractivity contribution is 6.07. The summed E-state index contributed by atoms with van der Waals surface area (Å²) < 4.78 is 5.59. The molecule has 1 amide bonds. The number of nitrogens with zero attached hydrogens (tertiary/aromatic N) is 3. The van der Waals surface area contributed by atoms with Crippen molar-refractivity contribution in [2.24, 2.45) is 0 Å². The Hall–Kier alpha value is -3.15. The molecule has 1 aromatic heterocycles. The molecule has 6 heteroatoms. The van der Waals surface area contributed by atoms with Crippen LogP contribution in [-0.2, 0) is 0 Å². The Bertz CT molecular complexity index is 883. The number of nitrogens with one attached hydrogen (secondary N) is 1. The van der Waals surface area contributed by atoms with Crippen molar-refractivity contribution in [3.63, 3.8) is 0 Å². The van der Waals surface area contributed by atoms with Gasteiger partial charge < -0.3 is 15.0 Å². The summed E-state index contributed by atoms with van der Waals surface area (Å²) in [5, 5.41) is 13.0. The van der Waals surface area contributed by atoms with E-state index in [0.717, 1.165) is 28.9 Å². The zero-order chi connectivity index (χ0) is 18.4. The van der Waals surface area contributed by atoms with E-state index in [9.17, 15) is 4.79 Å². The van der Waals surface area contributed by atoms with E-state index >= 15 is 0 Å². The van der Waals surface area contributed by atoms with E-state index in [-0.39, 0.29) is 5.91 Å². The maximum atomic E-state index is 12.5. The molecule has 1 heterocycles. The van der Waals surface area contributed by atoms with Gasteiger partial charge in [-0.25, -0.2) is 0 Å². The molecule has 3 rings (SSSR count). The van der Waals surface area contributed by atoms with Gasteiger partial charge in [-0.1, -0.05) is 42.5 Å². The molecule has 1 N–H and O–H groups in total. The summed E-state index contributed by atoms with van der Waals surface area (Å²) in [5.74, 6) is 1.29. The van der Waals surface area contributed by atoms with Crippen LogP contribution in [0.1, 0.15) is 17.4 Å². The average Bonchev–Trinajstić information content (AvgIpc) is 2.70. The lowest BCUT2D eigenvalue weighted by atomic mass is 10.1. The Balaban J connectivity index is 1.70. The summed E-state index contributed by atoms with van der Waals surface area (Å²) in [5.41, 5.74) is 0.327. The molecule has 3 aromatic rings. The second-order valence-corrected chi connectivity index (χ2v) is 5.85. The van der Waals surface area contributed by atoms with Gasteiger partial charge in [0.15, 0.2) is 11.5 Å². The normalized spacial score (nSPS) is 10.5. The van der Waals surface area contributed by atoms with Crippen LogP contribution in [0.4, 0.5) is 5.82 Å². The molecule has 0 bridgehead atoms. The Morgan fingerprint density at radius 3 is 2.46 bits per heavy atom. The summed E-state index contributed by atoms with van der Waals surface area (Å²) in [6.07, 6.45) is 0. The fourth-order valence-electron chi connectivity index (χ4n) is 2.62. The third kappa shape index (κ3) is 3.91. The van der Waals surface area contributed by atoms with Crippen LogP contribution in [0.5, 0.6) is 5.75 Å². The van der Waals surface area contributed by atoms with Gasteiger partial charge >= 0.3 is 0 Å². The first-order valence-corrected chi connectivity index (χ1v) is 8.63. The monoisotopic (exact) mass is 350 g/mol. The zero-order valence-electron chi connectivity index (χ0n) is 15.0. The van der Waals surface area contributed by atoms with Gasteiger partial charge in [-0.3, -0.25) is 4.79 Å². The van der Waals surface area contributed by atoms with E-state index in [2.05, 4.69) is 15.5 Å². The van der Waals surface area contributed by atoms with Crippen molar-refractivity contribution in [2.45, 2.75) is 6.92 Å². The van der Waals surface area contributed by atoms with Gasteiger partial charge in [0.25, 0.3) is 5.91 Å². The Labute approximate surface area is 152 Å². The number of aromatic nitrogens is 2. The maximum Gasteiger partial charge on any atom is 0.272 e. The molecule has 0 aliphatic rings. The molecule has 0 saturated heterocycles. The largest absolute Gasteiger partial charge is 0.492 e. The lowest BCUT2D eigenvalue weighted by Crippen LogP contribution is -2.29. The first-order chi connectivity index (χ1) is 12.7. The molecule has 0 aliphatic heterocycles. The SMILES string of the molecule is CCN(C)c1nnc(C(=O)NCCOc2ccccc2)c2ccccc12. The molecule has 0 radical (unpaired) electrons. The van der Waals surface area contributed by atoms with Crippen molar-refractivity contribution in [3.05, 3.63) is 60.3 Å². The second kappa shape index (κ2) is 8.29. The van der Waals surface area contributed by atoms with Gasteiger partial charge in [0, 0.05) is 24.4 Å². The number of ether oxygens (including phenoxy) is 1. The molecule has 6 nitrogen and oxygen atoms in total. The summed E-state index contributed by atoms with van der Waals surface area (Å²) in [7, 11) is 1.96. The fraction of sp³-hybridized carbons (Fsp3) is 0.250. The summed E-state index contributed by atoms with van der Waals surface area (Å²) in [6, 6.07) is 17.2. The third-order valence-corrected chi connectivity index (χ3v) is 4.12. The van der Waals surface area contributed by atoms with E-state index in [1.54, 1.807) is 0 Å². The number of hydrogen-bond donors (Lipinski definition) is 1.